The molecule has 0 spiro atoms. The molecule has 26 heavy (non-hydrogen) atoms. The number of benzene rings is 1. The van der Waals surface area contributed by atoms with Crippen molar-refractivity contribution in [2.75, 3.05) is 25.5 Å². The van der Waals surface area contributed by atoms with E-state index >= 15 is 0 Å². The number of carbonyl (C=O) groups excluding carboxylic acids is 3. The molecule has 0 saturated heterocycles. The minimum absolute atomic E-state index is 0.123. The fourth-order valence-electron chi connectivity index (χ4n) is 2.22. The third-order valence-electron chi connectivity index (χ3n) is 3.74. The van der Waals surface area contributed by atoms with Crippen molar-refractivity contribution in [3.05, 3.63) is 51.2 Å². The second kappa shape index (κ2) is 8.62. The number of rotatable bonds is 6. The van der Waals surface area contributed by atoms with Crippen LogP contribution in [0.2, 0.25) is 0 Å². The molecule has 7 heteroatoms. The number of ether oxygens (including phenoxy) is 1. The van der Waals surface area contributed by atoms with Gasteiger partial charge in [-0.05, 0) is 50.1 Å². The smallest absolute Gasteiger partial charge is 0.348 e. The van der Waals surface area contributed by atoms with E-state index in [-0.39, 0.29) is 12.5 Å². The number of aryl methyl sites for hydroxylation is 3. The van der Waals surface area contributed by atoms with E-state index in [9.17, 15) is 14.4 Å². The van der Waals surface area contributed by atoms with E-state index in [0.717, 1.165) is 21.7 Å². The average Bonchev–Trinajstić information content (AvgIpc) is 3.02. The van der Waals surface area contributed by atoms with Crippen LogP contribution >= 0.6 is 11.3 Å². The third kappa shape index (κ3) is 5.42. The molecule has 1 aromatic carbocycles. The summed E-state index contributed by atoms with van der Waals surface area (Å²) in [4.78, 5) is 38.7. The van der Waals surface area contributed by atoms with E-state index in [1.165, 1.54) is 23.3 Å². The molecule has 0 fully saturated rings. The van der Waals surface area contributed by atoms with Crippen LogP contribution in [0.5, 0.6) is 0 Å². The molecule has 2 aromatic rings. The highest BCUT2D eigenvalue weighted by Gasteiger charge is 2.17. The normalized spacial score (nSPS) is 10.3. The molecule has 138 valence electrons. The van der Waals surface area contributed by atoms with Gasteiger partial charge in [0.25, 0.3) is 5.91 Å². The van der Waals surface area contributed by atoms with E-state index in [4.69, 9.17) is 4.74 Å². The minimum Gasteiger partial charge on any atom is -0.451 e. The van der Waals surface area contributed by atoms with Gasteiger partial charge in [0.2, 0.25) is 5.91 Å². The van der Waals surface area contributed by atoms with E-state index < -0.39 is 18.5 Å². The first kappa shape index (κ1) is 19.7. The van der Waals surface area contributed by atoms with Crippen molar-refractivity contribution < 1.29 is 19.1 Å². The molecule has 0 unspecified atom stereocenters. The van der Waals surface area contributed by atoms with Gasteiger partial charge in [0.15, 0.2) is 6.61 Å². The zero-order chi connectivity index (χ0) is 19.3. The van der Waals surface area contributed by atoms with Gasteiger partial charge in [0, 0.05) is 17.6 Å². The number of nitrogens with zero attached hydrogens (tertiary/aromatic N) is 1. The van der Waals surface area contributed by atoms with Gasteiger partial charge in [-0.1, -0.05) is 12.1 Å². The lowest BCUT2D eigenvalue weighted by Gasteiger charge is -2.17. The molecular weight excluding hydrogens is 352 g/mol. The van der Waals surface area contributed by atoms with Crippen LogP contribution in [0.1, 0.15) is 25.7 Å². The van der Waals surface area contributed by atoms with E-state index in [1.807, 2.05) is 45.0 Å². The third-order valence-corrected chi connectivity index (χ3v) is 4.72. The Balaban J connectivity index is 1.83. The molecule has 6 nitrogen and oxygen atoms in total. The second-order valence-corrected chi connectivity index (χ2v) is 7.39. The summed E-state index contributed by atoms with van der Waals surface area (Å²) in [7, 11) is 1.49. The molecule has 2 amide bonds. The van der Waals surface area contributed by atoms with Gasteiger partial charge in [-0.3, -0.25) is 9.59 Å². The second-order valence-electron chi connectivity index (χ2n) is 6.10. The first-order valence-corrected chi connectivity index (χ1v) is 8.92. The van der Waals surface area contributed by atoms with E-state index in [1.54, 1.807) is 6.07 Å². The standard InChI is InChI=1S/C19H22N2O4S/c1-12-5-6-13(2)15(9-12)20-17(22)10-21(4)18(23)11-25-19(24)16-8-7-14(3)26-16/h5-9H,10-11H2,1-4H3,(H,20,22). The van der Waals surface area contributed by atoms with Crippen LogP contribution in [0.15, 0.2) is 30.3 Å². The molecule has 1 N–H and O–H groups in total. The topological polar surface area (TPSA) is 75.7 Å². The monoisotopic (exact) mass is 374 g/mol. The lowest BCUT2D eigenvalue weighted by molar-refractivity contribution is -0.136. The molecule has 0 atom stereocenters. The molecule has 0 radical (unpaired) electrons. The predicted molar refractivity (Wildman–Crippen MR) is 102 cm³/mol. The summed E-state index contributed by atoms with van der Waals surface area (Å²) in [5.41, 5.74) is 2.69. The molecule has 0 saturated carbocycles. The van der Waals surface area contributed by atoms with Crippen molar-refractivity contribution in [3.8, 4) is 0 Å². The number of amides is 2. The molecule has 0 aliphatic carbocycles. The summed E-state index contributed by atoms with van der Waals surface area (Å²) in [6, 6.07) is 9.23. The van der Waals surface area contributed by atoms with Gasteiger partial charge in [-0.25, -0.2) is 4.79 Å². The minimum atomic E-state index is -0.537. The van der Waals surface area contributed by atoms with Crippen LogP contribution in [-0.4, -0.2) is 42.9 Å². The van der Waals surface area contributed by atoms with Gasteiger partial charge in [0.05, 0.1) is 6.54 Å². The molecule has 0 bridgehead atoms. The lowest BCUT2D eigenvalue weighted by atomic mass is 10.1. The first-order valence-electron chi connectivity index (χ1n) is 8.11. The van der Waals surface area contributed by atoms with Crippen LogP contribution < -0.4 is 5.32 Å². The number of hydrogen-bond acceptors (Lipinski definition) is 5. The first-order chi connectivity index (χ1) is 12.3. The molecular formula is C19H22N2O4S. The van der Waals surface area contributed by atoms with Gasteiger partial charge in [-0.15, -0.1) is 11.3 Å². The zero-order valence-corrected chi connectivity index (χ0v) is 16.1. The summed E-state index contributed by atoms with van der Waals surface area (Å²) in [5, 5.41) is 2.79. The highest BCUT2D eigenvalue weighted by Crippen LogP contribution is 2.17. The fourth-order valence-corrected chi connectivity index (χ4v) is 2.98. The van der Waals surface area contributed by atoms with Crippen molar-refractivity contribution in [2.24, 2.45) is 0 Å². The highest BCUT2D eigenvalue weighted by molar-refractivity contribution is 7.13. The Hall–Kier alpha value is -2.67. The SMILES string of the molecule is Cc1ccc(C)c(NC(=O)CN(C)C(=O)COC(=O)c2ccc(C)s2)c1. The van der Waals surface area contributed by atoms with Crippen molar-refractivity contribution in [1.82, 2.24) is 4.90 Å². The van der Waals surface area contributed by atoms with Crippen LogP contribution in [0.25, 0.3) is 0 Å². The Morgan fingerprint density at radius 2 is 1.85 bits per heavy atom. The van der Waals surface area contributed by atoms with Crippen LogP contribution in [0, 0.1) is 20.8 Å². The van der Waals surface area contributed by atoms with Crippen molar-refractivity contribution in [3.63, 3.8) is 0 Å². The van der Waals surface area contributed by atoms with Gasteiger partial charge < -0.3 is 15.0 Å². The maximum absolute atomic E-state index is 12.1. The van der Waals surface area contributed by atoms with Gasteiger partial charge in [0.1, 0.15) is 4.88 Å². The van der Waals surface area contributed by atoms with Crippen LogP contribution in [-0.2, 0) is 14.3 Å². The molecule has 0 aliphatic heterocycles. The predicted octanol–water partition coefficient (Wildman–Crippen LogP) is 2.93. The Labute approximate surface area is 156 Å². The summed E-state index contributed by atoms with van der Waals surface area (Å²) < 4.78 is 5.01. The van der Waals surface area contributed by atoms with Crippen LogP contribution in [0.3, 0.4) is 0 Å². The van der Waals surface area contributed by atoms with E-state index in [0.29, 0.717) is 4.88 Å². The van der Waals surface area contributed by atoms with Crippen molar-refractivity contribution >= 4 is 34.8 Å². The highest BCUT2D eigenvalue weighted by atomic mass is 32.1. The van der Waals surface area contributed by atoms with Crippen molar-refractivity contribution in [1.29, 1.82) is 0 Å². The number of nitrogens with one attached hydrogen (secondary N) is 1. The maximum atomic E-state index is 12.1. The lowest BCUT2D eigenvalue weighted by Crippen LogP contribution is -2.37. The Kier molecular flexibility index (Phi) is 6.52. The number of hydrogen-bond donors (Lipinski definition) is 1. The van der Waals surface area contributed by atoms with Gasteiger partial charge in [-0.2, -0.15) is 0 Å². The summed E-state index contributed by atoms with van der Waals surface area (Å²) in [5.74, 6) is -1.29. The molecule has 2 rings (SSSR count). The quantitative estimate of drug-likeness (QED) is 0.789. The Bertz CT molecular complexity index is 829. The Morgan fingerprint density at radius 3 is 2.50 bits per heavy atom. The fraction of sp³-hybridized carbons (Fsp3) is 0.316. The number of thiophene rings is 1. The number of carbonyl (C=O) groups is 3. The molecule has 1 aromatic heterocycles. The summed E-state index contributed by atoms with van der Waals surface area (Å²) in [6.07, 6.45) is 0. The van der Waals surface area contributed by atoms with Gasteiger partial charge >= 0.3 is 5.97 Å². The molecule has 0 aliphatic rings. The Morgan fingerprint density at radius 1 is 1.12 bits per heavy atom. The largest absolute Gasteiger partial charge is 0.451 e. The maximum Gasteiger partial charge on any atom is 0.348 e. The van der Waals surface area contributed by atoms with Crippen LogP contribution in [0.4, 0.5) is 5.69 Å². The van der Waals surface area contributed by atoms with Crippen molar-refractivity contribution in [2.45, 2.75) is 20.8 Å². The molecule has 1 heterocycles. The summed E-state index contributed by atoms with van der Waals surface area (Å²) >= 11 is 1.31. The van der Waals surface area contributed by atoms with E-state index in [2.05, 4.69) is 5.32 Å². The number of anilines is 1. The zero-order valence-electron chi connectivity index (χ0n) is 15.3. The summed E-state index contributed by atoms with van der Waals surface area (Å²) in [6.45, 7) is 5.20. The number of esters is 1. The average molecular weight is 374 g/mol. The number of likely N-dealkylation sites (N-methyl/N-ethyl adjacent to an activating group) is 1.